The number of nitrogen functional groups attached to an aromatic ring is 1. The quantitative estimate of drug-likeness (QED) is 0.800. The summed E-state index contributed by atoms with van der Waals surface area (Å²) in [5, 5.41) is 9.97. The molecule has 5 nitrogen and oxygen atoms in total. The number of hydrogen-bond acceptors (Lipinski definition) is 4. The Morgan fingerprint density at radius 1 is 1.35 bits per heavy atom. The molecule has 3 N–H and O–H groups in total. The molecule has 0 unspecified atom stereocenters. The smallest absolute Gasteiger partial charge is 0.256 e. The van der Waals surface area contributed by atoms with Gasteiger partial charge >= 0.3 is 0 Å². The Hall–Kier alpha value is -1.75. The van der Waals surface area contributed by atoms with Crippen molar-refractivity contribution in [3.63, 3.8) is 0 Å². The highest BCUT2D eigenvalue weighted by molar-refractivity contribution is 6.00. The predicted octanol–water partition coefficient (Wildman–Crippen LogP) is 1.32. The third-order valence-corrected chi connectivity index (χ3v) is 3.86. The monoisotopic (exact) mass is 277 g/mol. The summed E-state index contributed by atoms with van der Waals surface area (Å²) in [6.07, 6.45) is 1.22. The zero-order chi connectivity index (χ0) is 14.9. The molecule has 1 amide bonds. The van der Waals surface area contributed by atoms with Gasteiger partial charge in [-0.1, -0.05) is 0 Å². The van der Waals surface area contributed by atoms with E-state index in [1.807, 2.05) is 32.0 Å². The second kappa shape index (κ2) is 5.32. The van der Waals surface area contributed by atoms with Crippen LogP contribution >= 0.6 is 0 Å². The van der Waals surface area contributed by atoms with E-state index in [4.69, 9.17) is 5.73 Å². The molecule has 5 heteroatoms. The number of nitrogens with two attached hydrogens (primary N) is 1. The summed E-state index contributed by atoms with van der Waals surface area (Å²) in [6.45, 7) is 2.97. The Balaban J connectivity index is 2.23. The second-order valence-corrected chi connectivity index (χ2v) is 5.96. The third-order valence-electron chi connectivity index (χ3n) is 3.86. The maximum Gasteiger partial charge on any atom is 0.256 e. The van der Waals surface area contributed by atoms with E-state index in [1.165, 1.54) is 0 Å². The molecular weight excluding hydrogens is 254 g/mol. The van der Waals surface area contributed by atoms with Crippen molar-refractivity contribution in [1.29, 1.82) is 0 Å². The van der Waals surface area contributed by atoms with E-state index in [2.05, 4.69) is 0 Å². The molecule has 1 aliphatic heterocycles. The maximum absolute atomic E-state index is 12.7. The number of aliphatic hydroxyl groups is 1. The van der Waals surface area contributed by atoms with Crippen molar-refractivity contribution in [1.82, 2.24) is 4.90 Å². The number of carbonyl (C=O) groups is 1. The van der Waals surface area contributed by atoms with E-state index in [9.17, 15) is 9.90 Å². The average Bonchev–Trinajstić information content (AvgIpc) is 2.37. The summed E-state index contributed by atoms with van der Waals surface area (Å²) < 4.78 is 0. The molecule has 0 radical (unpaired) electrons. The number of anilines is 2. The minimum atomic E-state index is -0.656. The molecule has 0 atom stereocenters. The van der Waals surface area contributed by atoms with Gasteiger partial charge < -0.3 is 20.6 Å². The van der Waals surface area contributed by atoms with Gasteiger partial charge in [-0.15, -0.1) is 0 Å². The van der Waals surface area contributed by atoms with Gasteiger partial charge in [0.1, 0.15) is 0 Å². The van der Waals surface area contributed by atoms with Gasteiger partial charge in [0.05, 0.1) is 11.2 Å². The van der Waals surface area contributed by atoms with Crippen molar-refractivity contribution < 1.29 is 9.90 Å². The molecule has 0 spiro atoms. The number of likely N-dealkylation sites (tertiary alicyclic amines) is 1. The van der Waals surface area contributed by atoms with Gasteiger partial charge in [0.15, 0.2) is 0 Å². The molecule has 1 heterocycles. The Kier molecular flexibility index (Phi) is 3.90. The number of benzene rings is 1. The first kappa shape index (κ1) is 14.7. The lowest BCUT2D eigenvalue weighted by Gasteiger charge is -2.36. The first-order chi connectivity index (χ1) is 9.30. The van der Waals surface area contributed by atoms with E-state index in [0.717, 1.165) is 5.69 Å². The molecule has 0 bridgehead atoms. The fourth-order valence-corrected chi connectivity index (χ4v) is 2.48. The molecule has 0 saturated carbocycles. The molecule has 1 fully saturated rings. The van der Waals surface area contributed by atoms with E-state index < -0.39 is 5.60 Å². The highest BCUT2D eigenvalue weighted by atomic mass is 16.3. The van der Waals surface area contributed by atoms with Crippen molar-refractivity contribution >= 4 is 17.3 Å². The van der Waals surface area contributed by atoms with E-state index in [-0.39, 0.29) is 5.91 Å². The molecule has 1 aromatic rings. The largest absolute Gasteiger partial charge is 0.399 e. The topological polar surface area (TPSA) is 69.8 Å². The van der Waals surface area contributed by atoms with Crippen molar-refractivity contribution in [3.8, 4) is 0 Å². The van der Waals surface area contributed by atoms with Crippen LogP contribution in [0, 0.1) is 0 Å². The standard InChI is InChI=1S/C15H23N3O2/c1-15(20)6-8-18(9-7-15)14(19)12-10-11(16)4-5-13(12)17(2)3/h4-5,10,20H,6-9,16H2,1-3H3. The Bertz CT molecular complexity index is 502. The number of nitrogens with zero attached hydrogens (tertiary/aromatic N) is 2. The zero-order valence-electron chi connectivity index (χ0n) is 12.4. The molecule has 20 heavy (non-hydrogen) atoms. The Morgan fingerprint density at radius 3 is 2.50 bits per heavy atom. The van der Waals surface area contributed by atoms with Gasteiger partial charge in [-0.3, -0.25) is 4.79 Å². The lowest BCUT2D eigenvalue weighted by Crippen LogP contribution is -2.45. The number of hydrogen-bond donors (Lipinski definition) is 2. The van der Waals surface area contributed by atoms with Crippen LogP contribution < -0.4 is 10.6 Å². The molecule has 0 aromatic heterocycles. The van der Waals surface area contributed by atoms with Crippen LogP contribution in [-0.2, 0) is 0 Å². The van der Waals surface area contributed by atoms with Crippen molar-refractivity contribution in [2.24, 2.45) is 0 Å². The number of carbonyl (C=O) groups excluding carboxylic acids is 1. The number of amides is 1. The van der Waals surface area contributed by atoms with Crippen LogP contribution in [0.15, 0.2) is 18.2 Å². The lowest BCUT2D eigenvalue weighted by atomic mass is 9.93. The molecule has 0 aliphatic carbocycles. The Morgan fingerprint density at radius 2 is 1.95 bits per heavy atom. The maximum atomic E-state index is 12.7. The molecule has 1 saturated heterocycles. The summed E-state index contributed by atoms with van der Waals surface area (Å²) >= 11 is 0. The van der Waals surface area contributed by atoms with Crippen LogP contribution in [-0.4, -0.2) is 48.7 Å². The third kappa shape index (κ3) is 3.04. The average molecular weight is 277 g/mol. The van der Waals surface area contributed by atoms with Gasteiger partial charge in [-0.05, 0) is 38.0 Å². The van der Waals surface area contributed by atoms with Gasteiger partial charge in [0.25, 0.3) is 5.91 Å². The number of piperidine rings is 1. The molecule has 1 aromatic carbocycles. The van der Waals surface area contributed by atoms with Gasteiger partial charge in [-0.2, -0.15) is 0 Å². The van der Waals surface area contributed by atoms with Crippen LogP contribution in [0.5, 0.6) is 0 Å². The Labute approximate surface area is 120 Å². The predicted molar refractivity (Wildman–Crippen MR) is 80.9 cm³/mol. The highest BCUT2D eigenvalue weighted by Gasteiger charge is 2.30. The van der Waals surface area contributed by atoms with Crippen LogP contribution in [0.2, 0.25) is 0 Å². The first-order valence-electron chi connectivity index (χ1n) is 6.89. The summed E-state index contributed by atoms with van der Waals surface area (Å²) in [5.74, 6) is -0.0171. The van der Waals surface area contributed by atoms with Crippen LogP contribution in [0.3, 0.4) is 0 Å². The van der Waals surface area contributed by atoms with Crippen molar-refractivity contribution in [3.05, 3.63) is 23.8 Å². The van der Waals surface area contributed by atoms with Crippen LogP contribution in [0.4, 0.5) is 11.4 Å². The SMILES string of the molecule is CN(C)c1ccc(N)cc1C(=O)N1CCC(C)(O)CC1. The van der Waals surface area contributed by atoms with Crippen LogP contribution in [0.1, 0.15) is 30.1 Å². The molecular formula is C15H23N3O2. The molecule has 110 valence electrons. The fraction of sp³-hybridized carbons (Fsp3) is 0.533. The summed E-state index contributed by atoms with van der Waals surface area (Å²) in [7, 11) is 3.81. The second-order valence-electron chi connectivity index (χ2n) is 5.96. The van der Waals surface area contributed by atoms with Crippen molar-refractivity contribution in [2.45, 2.75) is 25.4 Å². The van der Waals surface area contributed by atoms with E-state index >= 15 is 0 Å². The summed E-state index contributed by atoms with van der Waals surface area (Å²) in [4.78, 5) is 16.4. The van der Waals surface area contributed by atoms with Gasteiger partial charge in [0.2, 0.25) is 0 Å². The fourth-order valence-electron chi connectivity index (χ4n) is 2.48. The zero-order valence-corrected chi connectivity index (χ0v) is 12.4. The number of rotatable bonds is 2. The lowest BCUT2D eigenvalue weighted by molar-refractivity contribution is -0.00200. The first-order valence-corrected chi connectivity index (χ1v) is 6.89. The normalized spacial score (nSPS) is 17.9. The summed E-state index contributed by atoms with van der Waals surface area (Å²) in [6, 6.07) is 5.39. The molecule has 1 aliphatic rings. The van der Waals surface area contributed by atoms with Gasteiger partial charge in [-0.25, -0.2) is 0 Å². The van der Waals surface area contributed by atoms with Crippen LogP contribution in [0.25, 0.3) is 0 Å². The molecule has 2 rings (SSSR count). The highest BCUT2D eigenvalue weighted by Crippen LogP contribution is 2.26. The van der Waals surface area contributed by atoms with E-state index in [1.54, 1.807) is 17.0 Å². The van der Waals surface area contributed by atoms with E-state index in [0.29, 0.717) is 37.2 Å². The minimum Gasteiger partial charge on any atom is -0.399 e. The minimum absolute atomic E-state index is 0.0171. The van der Waals surface area contributed by atoms with Crippen molar-refractivity contribution in [2.75, 3.05) is 37.8 Å². The summed E-state index contributed by atoms with van der Waals surface area (Å²) in [5.41, 5.74) is 7.22. The van der Waals surface area contributed by atoms with Gasteiger partial charge in [0, 0.05) is 38.6 Å².